The zero-order valence-corrected chi connectivity index (χ0v) is 12.9. The molecule has 0 aliphatic rings. The molecule has 2 aromatic heterocycles. The predicted octanol–water partition coefficient (Wildman–Crippen LogP) is 0.846. The first-order valence-electron chi connectivity index (χ1n) is 6.61. The number of nitrogens with zero attached hydrogens (tertiary/aromatic N) is 3. The fraction of sp³-hybridized carbons (Fsp3) is 0.385. The number of rotatable bonds is 6. The minimum Gasteiger partial charge on any atom is -0.384 e. The van der Waals surface area contributed by atoms with Gasteiger partial charge in [-0.15, -0.1) is 0 Å². The van der Waals surface area contributed by atoms with Gasteiger partial charge in [0, 0.05) is 31.0 Å². The molecule has 0 aromatic carbocycles. The van der Waals surface area contributed by atoms with Crippen LogP contribution in [0.3, 0.4) is 0 Å². The maximum Gasteiger partial charge on any atom is 0.240 e. The van der Waals surface area contributed by atoms with Crippen molar-refractivity contribution < 1.29 is 8.42 Å². The van der Waals surface area contributed by atoms with Gasteiger partial charge in [0.25, 0.3) is 0 Å². The summed E-state index contributed by atoms with van der Waals surface area (Å²) < 4.78 is 28.5. The van der Waals surface area contributed by atoms with E-state index in [-0.39, 0.29) is 10.7 Å². The summed E-state index contributed by atoms with van der Waals surface area (Å²) in [5.74, 6) is 0.181. The Labute approximate surface area is 124 Å². The molecule has 8 heteroatoms. The third kappa shape index (κ3) is 4.02. The molecule has 0 aliphatic carbocycles. The smallest absolute Gasteiger partial charge is 0.240 e. The molecule has 2 rings (SSSR count). The average Bonchev–Trinajstić information content (AvgIpc) is 2.73. The normalized spacial score (nSPS) is 11.7. The zero-order chi connectivity index (χ0) is 15.5. The summed E-state index contributed by atoms with van der Waals surface area (Å²) in [5.41, 5.74) is 7.52. The van der Waals surface area contributed by atoms with Crippen molar-refractivity contribution in [2.75, 3.05) is 12.3 Å². The van der Waals surface area contributed by atoms with Crippen LogP contribution in [0.5, 0.6) is 0 Å². The van der Waals surface area contributed by atoms with Crippen LogP contribution in [0.1, 0.15) is 17.8 Å². The van der Waals surface area contributed by atoms with Gasteiger partial charge in [0.15, 0.2) is 0 Å². The van der Waals surface area contributed by atoms with Crippen molar-refractivity contribution in [1.82, 2.24) is 19.5 Å². The molecule has 0 saturated heterocycles. The van der Waals surface area contributed by atoms with Gasteiger partial charge in [-0.1, -0.05) is 0 Å². The number of hydrogen-bond donors (Lipinski definition) is 2. The van der Waals surface area contributed by atoms with E-state index in [4.69, 9.17) is 5.73 Å². The molecule has 2 aromatic rings. The highest BCUT2D eigenvalue weighted by Crippen LogP contribution is 2.10. The van der Waals surface area contributed by atoms with Gasteiger partial charge < -0.3 is 5.73 Å². The molecule has 0 aliphatic heterocycles. The van der Waals surface area contributed by atoms with Crippen LogP contribution in [-0.4, -0.2) is 29.7 Å². The van der Waals surface area contributed by atoms with Gasteiger partial charge in [-0.3, -0.25) is 4.68 Å². The molecule has 0 spiro atoms. The Morgan fingerprint density at radius 1 is 1.33 bits per heavy atom. The lowest BCUT2D eigenvalue weighted by atomic mass is 10.4. The van der Waals surface area contributed by atoms with Crippen LogP contribution in [0.2, 0.25) is 0 Å². The first kappa shape index (κ1) is 15.5. The van der Waals surface area contributed by atoms with Crippen LogP contribution < -0.4 is 10.5 Å². The van der Waals surface area contributed by atoms with Gasteiger partial charge in [0.05, 0.1) is 10.6 Å². The highest BCUT2D eigenvalue weighted by molar-refractivity contribution is 7.89. The standard InChI is InChI=1S/C13H19N5O2S/c1-10-8-11(2)18(17-10)7-3-5-16-21(19,20)12-4-6-15-13(14)9-12/h4,6,8-9,16H,3,5,7H2,1-2H3,(H2,14,15). The number of sulfonamides is 1. The predicted molar refractivity (Wildman–Crippen MR) is 80.2 cm³/mol. The summed E-state index contributed by atoms with van der Waals surface area (Å²) in [5, 5.41) is 4.33. The Morgan fingerprint density at radius 3 is 2.71 bits per heavy atom. The van der Waals surface area contributed by atoms with Crippen LogP contribution in [0.4, 0.5) is 5.82 Å². The van der Waals surface area contributed by atoms with Gasteiger partial charge in [-0.25, -0.2) is 18.1 Å². The number of aromatic nitrogens is 3. The summed E-state index contributed by atoms with van der Waals surface area (Å²) in [6.45, 7) is 4.91. The summed E-state index contributed by atoms with van der Waals surface area (Å²) in [6.07, 6.45) is 2.03. The molecule has 0 saturated carbocycles. The monoisotopic (exact) mass is 309 g/mol. The van der Waals surface area contributed by atoms with Gasteiger partial charge >= 0.3 is 0 Å². The topological polar surface area (TPSA) is 103 Å². The number of aryl methyl sites for hydroxylation is 3. The van der Waals surface area contributed by atoms with E-state index < -0.39 is 10.0 Å². The molecular weight excluding hydrogens is 290 g/mol. The fourth-order valence-electron chi connectivity index (χ4n) is 2.02. The molecular formula is C13H19N5O2S. The van der Waals surface area contributed by atoms with Crippen molar-refractivity contribution in [2.24, 2.45) is 0 Å². The molecule has 3 N–H and O–H groups in total. The van der Waals surface area contributed by atoms with Gasteiger partial charge in [-0.05, 0) is 32.4 Å². The minimum absolute atomic E-state index is 0.126. The molecule has 0 bridgehead atoms. The maximum absolute atomic E-state index is 12.0. The largest absolute Gasteiger partial charge is 0.384 e. The van der Waals surface area contributed by atoms with Crippen molar-refractivity contribution in [2.45, 2.75) is 31.7 Å². The number of hydrogen-bond acceptors (Lipinski definition) is 5. The SMILES string of the molecule is Cc1cc(C)n(CCCNS(=O)(=O)c2ccnc(N)c2)n1. The van der Waals surface area contributed by atoms with E-state index in [1.54, 1.807) is 0 Å². The number of nitrogen functional groups attached to an aromatic ring is 1. The lowest BCUT2D eigenvalue weighted by Crippen LogP contribution is -2.26. The third-order valence-corrected chi connectivity index (χ3v) is 4.46. The Hall–Kier alpha value is -1.93. The van der Waals surface area contributed by atoms with E-state index in [9.17, 15) is 8.42 Å². The maximum atomic E-state index is 12.0. The number of pyridine rings is 1. The second kappa shape index (κ2) is 6.23. The highest BCUT2D eigenvalue weighted by Gasteiger charge is 2.13. The molecule has 114 valence electrons. The zero-order valence-electron chi connectivity index (χ0n) is 12.1. The van der Waals surface area contributed by atoms with Crippen molar-refractivity contribution in [3.8, 4) is 0 Å². The molecule has 0 fully saturated rings. The molecule has 7 nitrogen and oxygen atoms in total. The summed E-state index contributed by atoms with van der Waals surface area (Å²) in [6, 6.07) is 4.74. The molecule has 0 radical (unpaired) electrons. The van der Waals surface area contributed by atoms with E-state index >= 15 is 0 Å². The second-order valence-corrected chi connectivity index (χ2v) is 6.58. The Kier molecular flexibility index (Phi) is 4.59. The fourth-order valence-corrected chi connectivity index (χ4v) is 3.11. The van der Waals surface area contributed by atoms with E-state index in [0.717, 1.165) is 11.4 Å². The van der Waals surface area contributed by atoms with Crippen molar-refractivity contribution >= 4 is 15.8 Å². The van der Waals surface area contributed by atoms with Gasteiger partial charge in [0.2, 0.25) is 10.0 Å². The number of nitrogens with one attached hydrogen (secondary N) is 1. The van der Waals surface area contributed by atoms with E-state index in [1.807, 2.05) is 24.6 Å². The van der Waals surface area contributed by atoms with Crippen LogP contribution in [0.15, 0.2) is 29.3 Å². The van der Waals surface area contributed by atoms with Crippen LogP contribution in [0, 0.1) is 13.8 Å². The first-order valence-corrected chi connectivity index (χ1v) is 8.09. The quantitative estimate of drug-likeness (QED) is 0.770. The van der Waals surface area contributed by atoms with Crippen molar-refractivity contribution in [3.63, 3.8) is 0 Å². The van der Waals surface area contributed by atoms with Gasteiger partial charge in [-0.2, -0.15) is 5.10 Å². The second-order valence-electron chi connectivity index (χ2n) is 4.82. The average molecular weight is 309 g/mol. The number of anilines is 1. The molecule has 0 atom stereocenters. The lowest BCUT2D eigenvalue weighted by Gasteiger charge is -2.08. The van der Waals surface area contributed by atoms with Crippen LogP contribution in [0.25, 0.3) is 0 Å². The van der Waals surface area contributed by atoms with Gasteiger partial charge in [0.1, 0.15) is 5.82 Å². The van der Waals surface area contributed by atoms with E-state index in [2.05, 4.69) is 14.8 Å². The lowest BCUT2D eigenvalue weighted by molar-refractivity contribution is 0.544. The highest BCUT2D eigenvalue weighted by atomic mass is 32.2. The molecule has 0 unspecified atom stereocenters. The third-order valence-electron chi connectivity index (χ3n) is 3.00. The first-order chi connectivity index (χ1) is 9.88. The number of nitrogens with two attached hydrogens (primary N) is 1. The minimum atomic E-state index is -3.54. The summed E-state index contributed by atoms with van der Waals surface area (Å²) >= 11 is 0. The summed E-state index contributed by atoms with van der Waals surface area (Å²) in [7, 11) is -3.54. The molecule has 21 heavy (non-hydrogen) atoms. The van der Waals surface area contributed by atoms with E-state index in [1.165, 1.54) is 18.3 Å². The van der Waals surface area contributed by atoms with Crippen LogP contribution in [-0.2, 0) is 16.6 Å². The Morgan fingerprint density at radius 2 is 2.10 bits per heavy atom. The molecule has 2 heterocycles. The van der Waals surface area contributed by atoms with Crippen molar-refractivity contribution in [1.29, 1.82) is 0 Å². The van der Waals surface area contributed by atoms with E-state index in [0.29, 0.717) is 19.5 Å². The molecule has 0 amide bonds. The summed E-state index contributed by atoms with van der Waals surface area (Å²) in [4.78, 5) is 3.90. The Balaban J connectivity index is 1.89. The Bertz CT molecular complexity index is 724. The van der Waals surface area contributed by atoms with Crippen LogP contribution >= 0.6 is 0 Å². The van der Waals surface area contributed by atoms with Crippen molar-refractivity contribution in [3.05, 3.63) is 35.8 Å².